The summed E-state index contributed by atoms with van der Waals surface area (Å²) < 4.78 is 5.41. The van der Waals surface area contributed by atoms with Crippen LogP contribution < -0.4 is 4.90 Å². The number of carboxylic acids is 1. The lowest BCUT2D eigenvalue weighted by molar-refractivity contribution is 0.0641. The van der Waals surface area contributed by atoms with Gasteiger partial charge in [-0.1, -0.05) is 0 Å². The first-order valence-electron chi connectivity index (χ1n) is 5.05. The molecule has 0 amide bonds. The van der Waals surface area contributed by atoms with Gasteiger partial charge in [-0.3, -0.25) is 0 Å². The first-order chi connectivity index (χ1) is 7.50. The Bertz CT molecular complexity index is 403. The molecule has 0 atom stereocenters. The molecule has 0 bridgehead atoms. The molecule has 1 aliphatic rings. The summed E-state index contributed by atoms with van der Waals surface area (Å²) in [4.78, 5) is 17.0. The van der Waals surface area contributed by atoms with Gasteiger partial charge in [-0.15, -0.1) is 11.3 Å². The molecule has 2 rings (SSSR count). The Kier molecular flexibility index (Phi) is 2.86. The fourth-order valence-corrected chi connectivity index (χ4v) is 2.69. The summed E-state index contributed by atoms with van der Waals surface area (Å²) in [5.74, 6) is -0.978. The molecule has 1 aliphatic heterocycles. The Morgan fingerprint density at radius 2 is 2.44 bits per heavy atom. The van der Waals surface area contributed by atoms with Crippen LogP contribution in [-0.4, -0.2) is 41.4 Å². The Hall–Kier alpha value is -1.14. The molecule has 5 nitrogen and oxygen atoms in total. The molecule has 1 aromatic heterocycles. The molecule has 0 saturated carbocycles. The highest BCUT2D eigenvalue weighted by Gasteiger charge is 2.32. The molecule has 1 N–H and O–H groups in total. The number of rotatable bonds is 2. The number of aromatic nitrogens is 1. The lowest BCUT2D eigenvalue weighted by Gasteiger charge is -2.41. The molecule has 16 heavy (non-hydrogen) atoms. The van der Waals surface area contributed by atoms with Gasteiger partial charge in [0.2, 0.25) is 0 Å². The molecule has 88 valence electrons. The van der Waals surface area contributed by atoms with Gasteiger partial charge in [-0.25, -0.2) is 9.78 Å². The van der Waals surface area contributed by atoms with E-state index < -0.39 is 5.97 Å². The van der Waals surface area contributed by atoms with E-state index in [0.29, 0.717) is 13.2 Å². The maximum atomic E-state index is 10.8. The standard InChI is InChI=1S/C10H14N2O3S/c1-10(2)6-15-4-3-12(10)9-11-7(5-16-9)8(13)14/h5H,3-4,6H2,1-2H3,(H,13,14). The van der Waals surface area contributed by atoms with Crippen molar-refractivity contribution in [3.05, 3.63) is 11.1 Å². The summed E-state index contributed by atoms with van der Waals surface area (Å²) in [6.45, 7) is 6.17. The maximum absolute atomic E-state index is 10.8. The van der Waals surface area contributed by atoms with Crippen LogP contribution in [0.15, 0.2) is 5.38 Å². The fraction of sp³-hybridized carbons (Fsp3) is 0.600. The third-order valence-electron chi connectivity index (χ3n) is 2.59. The predicted octanol–water partition coefficient (Wildman–Crippen LogP) is 1.46. The van der Waals surface area contributed by atoms with Gasteiger partial charge in [-0.05, 0) is 13.8 Å². The van der Waals surface area contributed by atoms with Gasteiger partial charge in [0.05, 0.1) is 18.8 Å². The van der Waals surface area contributed by atoms with Crippen LogP contribution in [-0.2, 0) is 4.74 Å². The van der Waals surface area contributed by atoms with Crippen molar-refractivity contribution in [2.75, 3.05) is 24.7 Å². The molecule has 0 aliphatic carbocycles. The van der Waals surface area contributed by atoms with Crippen molar-refractivity contribution < 1.29 is 14.6 Å². The molecule has 0 unspecified atom stereocenters. The number of carboxylic acid groups (broad SMARTS) is 1. The number of thiazole rings is 1. The van der Waals surface area contributed by atoms with Crippen molar-refractivity contribution in [3.63, 3.8) is 0 Å². The Morgan fingerprint density at radius 3 is 3.00 bits per heavy atom. The number of carbonyl (C=O) groups is 1. The molecule has 0 radical (unpaired) electrons. The molecule has 1 fully saturated rings. The van der Waals surface area contributed by atoms with Crippen molar-refractivity contribution in [2.24, 2.45) is 0 Å². The predicted molar refractivity (Wildman–Crippen MR) is 61.3 cm³/mol. The third-order valence-corrected chi connectivity index (χ3v) is 3.45. The van der Waals surface area contributed by atoms with Gasteiger partial charge in [0.1, 0.15) is 0 Å². The van der Waals surface area contributed by atoms with Crippen LogP contribution in [0, 0.1) is 0 Å². The van der Waals surface area contributed by atoms with Crippen LogP contribution >= 0.6 is 11.3 Å². The minimum absolute atomic E-state index is 0.113. The van der Waals surface area contributed by atoms with Gasteiger partial charge >= 0.3 is 5.97 Å². The highest BCUT2D eigenvalue weighted by Crippen LogP contribution is 2.29. The number of hydrogen-bond acceptors (Lipinski definition) is 5. The van der Waals surface area contributed by atoms with Crippen LogP contribution in [0.2, 0.25) is 0 Å². The molecule has 0 spiro atoms. The van der Waals surface area contributed by atoms with Gasteiger partial charge in [0.15, 0.2) is 10.8 Å². The fourth-order valence-electron chi connectivity index (χ4n) is 1.70. The average molecular weight is 242 g/mol. The Balaban J connectivity index is 2.25. The smallest absolute Gasteiger partial charge is 0.355 e. The first-order valence-corrected chi connectivity index (χ1v) is 5.93. The largest absolute Gasteiger partial charge is 0.476 e. The molecule has 1 aromatic rings. The zero-order chi connectivity index (χ0) is 11.8. The summed E-state index contributed by atoms with van der Waals surface area (Å²) in [5.41, 5.74) is -0.0198. The van der Waals surface area contributed by atoms with E-state index >= 15 is 0 Å². The van der Waals surface area contributed by atoms with Crippen molar-refractivity contribution in [3.8, 4) is 0 Å². The van der Waals surface area contributed by atoms with Gasteiger partial charge in [-0.2, -0.15) is 0 Å². The minimum Gasteiger partial charge on any atom is -0.476 e. The monoisotopic (exact) mass is 242 g/mol. The third kappa shape index (κ3) is 2.03. The minimum atomic E-state index is -0.978. The summed E-state index contributed by atoms with van der Waals surface area (Å²) in [5, 5.41) is 11.2. The van der Waals surface area contributed by atoms with Crippen molar-refractivity contribution in [1.29, 1.82) is 0 Å². The second kappa shape index (κ2) is 4.03. The number of morpholine rings is 1. The normalized spacial score (nSPS) is 19.8. The van der Waals surface area contributed by atoms with E-state index in [2.05, 4.69) is 23.7 Å². The highest BCUT2D eigenvalue weighted by atomic mass is 32.1. The molecule has 0 aromatic carbocycles. The summed E-state index contributed by atoms with van der Waals surface area (Å²) >= 11 is 1.37. The van der Waals surface area contributed by atoms with Crippen LogP contribution in [0.4, 0.5) is 5.13 Å². The zero-order valence-electron chi connectivity index (χ0n) is 9.27. The van der Waals surface area contributed by atoms with Crippen molar-refractivity contribution in [1.82, 2.24) is 4.98 Å². The maximum Gasteiger partial charge on any atom is 0.355 e. The van der Waals surface area contributed by atoms with Crippen LogP contribution in [0.5, 0.6) is 0 Å². The topological polar surface area (TPSA) is 62.7 Å². The second-order valence-corrected chi connectivity index (χ2v) is 5.17. The number of nitrogens with zero attached hydrogens (tertiary/aromatic N) is 2. The summed E-state index contributed by atoms with van der Waals surface area (Å²) in [7, 11) is 0. The zero-order valence-corrected chi connectivity index (χ0v) is 10.1. The van der Waals surface area contributed by atoms with Crippen molar-refractivity contribution >= 4 is 22.4 Å². The number of anilines is 1. The van der Waals surface area contributed by atoms with Crippen LogP contribution in [0.1, 0.15) is 24.3 Å². The Morgan fingerprint density at radius 1 is 1.69 bits per heavy atom. The van der Waals surface area contributed by atoms with Crippen LogP contribution in [0.3, 0.4) is 0 Å². The molecule has 6 heteroatoms. The number of ether oxygens (including phenoxy) is 1. The number of hydrogen-bond donors (Lipinski definition) is 1. The average Bonchev–Trinajstić information content (AvgIpc) is 2.65. The van der Waals surface area contributed by atoms with E-state index in [1.807, 2.05) is 0 Å². The van der Waals surface area contributed by atoms with Gasteiger partial charge in [0, 0.05) is 11.9 Å². The molecular weight excluding hydrogens is 228 g/mol. The van der Waals surface area contributed by atoms with E-state index in [9.17, 15) is 4.79 Å². The summed E-state index contributed by atoms with van der Waals surface area (Å²) in [6, 6.07) is 0. The first kappa shape index (κ1) is 11.3. The molecular formula is C10H14N2O3S. The van der Waals surface area contributed by atoms with E-state index in [4.69, 9.17) is 9.84 Å². The van der Waals surface area contributed by atoms with E-state index in [-0.39, 0.29) is 11.2 Å². The van der Waals surface area contributed by atoms with Gasteiger partial charge < -0.3 is 14.7 Å². The lowest BCUT2D eigenvalue weighted by atomic mass is 10.0. The summed E-state index contributed by atoms with van der Waals surface area (Å²) in [6.07, 6.45) is 0. The highest BCUT2D eigenvalue weighted by molar-refractivity contribution is 7.13. The van der Waals surface area contributed by atoms with Crippen molar-refractivity contribution in [2.45, 2.75) is 19.4 Å². The quantitative estimate of drug-likeness (QED) is 0.850. The molecule has 2 heterocycles. The number of aromatic carboxylic acids is 1. The lowest BCUT2D eigenvalue weighted by Crippen LogP contribution is -2.53. The van der Waals surface area contributed by atoms with E-state index in [1.54, 1.807) is 5.38 Å². The van der Waals surface area contributed by atoms with E-state index in [1.165, 1.54) is 11.3 Å². The Labute approximate surface area is 97.7 Å². The molecule has 1 saturated heterocycles. The van der Waals surface area contributed by atoms with Crippen LogP contribution in [0.25, 0.3) is 0 Å². The second-order valence-electron chi connectivity index (χ2n) is 4.34. The van der Waals surface area contributed by atoms with Gasteiger partial charge in [0.25, 0.3) is 0 Å². The van der Waals surface area contributed by atoms with E-state index in [0.717, 1.165) is 11.7 Å². The SMILES string of the molecule is CC1(C)COCCN1c1nc(C(=O)O)cs1.